The lowest BCUT2D eigenvalue weighted by Crippen LogP contribution is -2.33. The second-order valence-electron chi connectivity index (χ2n) is 7.84. The molecule has 1 aromatic heterocycles. The molecule has 1 aliphatic heterocycles. The Kier molecular flexibility index (Phi) is 5.57. The fourth-order valence-corrected chi connectivity index (χ4v) is 4.49. The largest absolute Gasteiger partial charge is 0.395 e. The number of fused-ring (bicyclic) bond motifs is 1. The predicted molar refractivity (Wildman–Crippen MR) is 107 cm³/mol. The minimum absolute atomic E-state index is 0.0948. The predicted octanol–water partition coefficient (Wildman–Crippen LogP) is 2.46. The standard InChI is InChI=1S/C22H27N3O3/c26-12-10-23-21(27)18-13-20(24-19-8-4-3-7-17(18)19)16-9-11-25(14-16)22(28)15-5-1-2-6-15/h3-4,7-8,13,15-16,26H,1-2,5-6,9-12,14H2,(H,23,27)/t16-/m1/s1. The van der Waals surface area contributed by atoms with Crippen LogP contribution in [0.5, 0.6) is 0 Å². The molecule has 148 valence electrons. The number of para-hydroxylation sites is 1. The van der Waals surface area contributed by atoms with Gasteiger partial charge >= 0.3 is 0 Å². The summed E-state index contributed by atoms with van der Waals surface area (Å²) in [6, 6.07) is 9.48. The second-order valence-corrected chi connectivity index (χ2v) is 7.84. The molecule has 0 bridgehead atoms. The zero-order valence-corrected chi connectivity index (χ0v) is 16.1. The molecule has 1 aliphatic carbocycles. The summed E-state index contributed by atoms with van der Waals surface area (Å²) in [5, 5.41) is 12.6. The molecule has 2 N–H and O–H groups in total. The van der Waals surface area contributed by atoms with Gasteiger partial charge in [-0.15, -0.1) is 0 Å². The average molecular weight is 381 g/mol. The maximum Gasteiger partial charge on any atom is 0.252 e. The van der Waals surface area contributed by atoms with Crippen molar-refractivity contribution >= 4 is 22.7 Å². The SMILES string of the molecule is O=C(NCCO)c1cc([C@@H]2CCN(C(=O)C3CCCC3)C2)nc2ccccc12. The van der Waals surface area contributed by atoms with Crippen molar-refractivity contribution in [3.63, 3.8) is 0 Å². The Bertz CT molecular complexity index is 876. The first-order chi connectivity index (χ1) is 13.7. The Morgan fingerprint density at radius 3 is 2.75 bits per heavy atom. The van der Waals surface area contributed by atoms with Gasteiger partial charge in [0, 0.05) is 42.6 Å². The summed E-state index contributed by atoms with van der Waals surface area (Å²) in [5.41, 5.74) is 2.24. The van der Waals surface area contributed by atoms with Crippen molar-refractivity contribution in [3.05, 3.63) is 41.6 Å². The number of carbonyl (C=O) groups excluding carboxylic acids is 2. The lowest BCUT2D eigenvalue weighted by molar-refractivity contribution is -0.134. The van der Waals surface area contributed by atoms with Crippen LogP contribution in [-0.4, -0.2) is 53.0 Å². The van der Waals surface area contributed by atoms with Crippen LogP contribution in [-0.2, 0) is 4.79 Å². The number of benzene rings is 1. The van der Waals surface area contributed by atoms with Crippen LogP contribution in [0.25, 0.3) is 10.9 Å². The molecule has 2 amide bonds. The molecule has 2 heterocycles. The lowest BCUT2D eigenvalue weighted by atomic mass is 9.99. The van der Waals surface area contributed by atoms with Gasteiger partial charge in [-0.1, -0.05) is 31.0 Å². The van der Waals surface area contributed by atoms with E-state index >= 15 is 0 Å². The number of carbonyl (C=O) groups is 2. The molecule has 0 radical (unpaired) electrons. The van der Waals surface area contributed by atoms with Crippen LogP contribution in [0.2, 0.25) is 0 Å². The van der Waals surface area contributed by atoms with Gasteiger partial charge in [-0.05, 0) is 31.4 Å². The maximum absolute atomic E-state index is 12.7. The monoisotopic (exact) mass is 381 g/mol. The van der Waals surface area contributed by atoms with Gasteiger partial charge in [0.2, 0.25) is 5.91 Å². The Morgan fingerprint density at radius 2 is 1.96 bits per heavy atom. The van der Waals surface area contributed by atoms with Gasteiger partial charge in [0.25, 0.3) is 5.91 Å². The van der Waals surface area contributed by atoms with Crippen LogP contribution in [0, 0.1) is 5.92 Å². The van der Waals surface area contributed by atoms with E-state index in [-0.39, 0.29) is 30.9 Å². The molecule has 2 fully saturated rings. The summed E-state index contributed by atoms with van der Waals surface area (Å²) in [7, 11) is 0. The molecule has 1 aromatic carbocycles. The number of aliphatic hydroxyl groups excluding tert-OH is 1. The number of hydrogen-bond donors (Lipinski definition) is 2. The summed E-state index contributed by atoms with van der Waals surface area (Å²) in [5.74, 6) is 0.440. The molecule has 0 unspecified atom stereocenters. The van der Waals surface area contributed by atoms with E-state index in [0.29, 0.717) is 18.0 Å². The summed E-state index contributed by atoms with van der Waals surface area (Å²) >= 11 is 0. The summed E-state index contributed by atoms with van der Waals surface area (Å²) < 4.78 is 0. The highest BCUT2D eigenvalue weighted by molar-refractivity contribution is 6.06. The van der Waals surface area contributed by atoms with E-state index in [1.165, 1.54) is 0 Å². The number of nitrogens with one attached hydrogen (secondary N) is 1. The Morgan fingerprint density at radius 1 is 1.18 bits per heavy atom. The van der Waals surface area contributed by atoms with Crippen molar-refractivity contribution in [1.82, 2.24) is 15.2 Å². The van der Waals surface area contributed by atoms with Crippen LogP contribution >= 0.6 is 0 Å². The highest BCUT2D eigenvalue weighted by Crippen LogP contribution is 2.33. The third-order valence-corrected chi connectivity index (χ3v) is 6.00. The van der Waals surface area contributed by atoms with Crippen molar-refractivity contribution in [3.8, 4) is 0 Å². The fourth-order valence-electron chi connectivity index (χ4n) is 4.49. The van der Waals surface area contributed by atoms with Crippen LogP contribution in [0.15, 0.2) is 30.3 Å². The molecule has 28 heavy (non-hydrogen) atoms. The quantitative estimate of drug-likeness (QED) is 0.834. The smallest absolute Gasteiger partial charge is 0.252 e. The number of likely N-dealkylation sites (tertiary alicyclic amines) is 1. The third kappa shape index (κ3) is 3.74. The van der Waals surface area contributed by atoms with E-state index in [4.69, 9.17) is 10.1 Å². The van der Waals surface area contributed by atoms with Crippen LogP contribution in [0.4, 0.5) is 0 Å². The molecule has 1 saturated carbocycles. The van der Waals surface area contributed by atoms with E-state index in [0.717, 1.165) is 55.2 Å². The first-order valence-electron chi connectivity index (χ1n) is 10.2. The molecule has 2 aliphatic rings. The van der Waals surface area contributed by atoms with Crippen molar-refractivity contribution in [2.24, 2.45) is 5.92 Å². The van der Waals surface area contributed by atoms with Gasteiger partial charge < -0.3 is 15.3 Å². The number of aromatic nitrogens is 1. The first-order valence-corrected chi connectivity index (χ1v) is 10.2. The highest BCUT2D eigenvalue weighted by Gasteiger charge is 2.33. The van der Waals surface area contributed by atoms with E-state index in [1.807, 2.05) is 35.2 Å². The minimum Gasteiger partial charge on any atom is -0.395 e. The van der Waals surface area contributed by atoms with Crippen molar-refractivity contribution in [2.75, 3.05) is 26.2 Å². The van der Waals surface area contributed by atoms with E-state index in [2.05, 4.69) is 5.32 Å². The van der Waals surface area contributed by atoms with Crippen molar-refractivity contribution in [1.29, 1.82) is 0 Å². The molecular weight excluding hydrogens is 354 g/mol. The van der Waals surface area contributed by atoms with Crippen LogP contribution in [0.1, 0.15) is 54.1 Å². The molecular formula is C22H27N3O3. The third-order valence-electron chi connectivity index (χ3n) is 6.00. The summed E-state index contributed by atoms with van der Waals surface area (Å²) in [6.07, 6.45) is 5.23. The van der Waals surface area contributed by atoms with E-state index in [9.17, 15) is 9.59 Å². The van der Waals surface area contributed by atoms with Gasteiger partial charge in [-0.3, -0.25) is 14.6 Å². The number of rotatable bonds is 5. The van der Waals surface area contributed by atoms with Crippen molar-refractivity contribution < 1.29 is 14.7 Å². The topological polar surface area (TPSA) is 82.5 Å². The Balaban J connectivity index is 1.58. The van der Waals surface area contributed by atoms with Crippen LogP contribution < -0.4 is 5.32 Å². The first kappa shape index (κ1) is 18.9. The van der Waals surface area contributed by atoms with E-state index in [1.54, 1.807) is 0 Å². The molecule has 6 nitrogen and oxygen atoms in total. The zero-order valence-electron chi connectivity index (χ0n) is 16.1. The normalized spacial score (nSPS) is 20.0. The Labute approximate surface area is 164 Å². The molecule has 6 heteroatoms. The number of hydrogen-bond acceptors (Lipinski definition) is 4. The van der Waals surface area contributed by atoms with Gasteiger partial charge in [-0.2, -0.15) is 0 Å². The van der Waals surface area contributed by atoms with Gasteiger partial charge in [0.15, 0.2) is 0 Å². The minimum atomic E-state index is -0.203. The molecule has 4 rings (SSSR count). The summed E-state index contributed by atoms with van der Waals surface area (Å²) in [4.78, 5) is 32.2. The molecule has 1 atom stereocenters. The van der Waals surface area contributed by atoms with Gasteiger partial charge in [0.1, 0.15) is 0 Å². The maximum atomic E-state index is 12.7. The molecule has 2 aromatic rings. The van der Waals surface area contributed by atoms with E-state index < -0.39 is 0 Å². The molecule has 0 spiro atoms. The second kappa shape index (κ2) is 8.27. The number of aliphatic hydroxyl groups is 1. The lowest BCUT2D eigenvalue weighted by Gasteiger charge is -2.20. The highest BCUT2D eigenvalue weighted by atomic mass is 16.3. The summed E-state index contributed by atoms with van der Waals surface area (Å²) in [6.45, 7) is 1.57. The number of pyridine rings is 1. The fraction of sp³-hybridized carbons (Fsp3) is 0.500. The van der Waals surface area contributed by atoms with Crippen LogP contribution in [0.3, 0.4) is 0 Å². The zero-order chi connectivity index (χ0) is 19.5. The Hall–Kier alpha value is -2.47. The average Bonchev–Trinajstić information content (AvgIpc) is 3.43. The number of amides is 2. The van der Waals surface area contributed by atoms with Gasteiger partial charge in [0.05, 0.1) is 17.7 Å². The van der Waals surface area contributed by atoms with Crippen molar-refractivity contribution in [2.45, 2.75) is 38.0 Å². The number of nitrogens with zero attached hydrogens (tertiary/aromatic N) is 2. The molecule has 1 saturated heterocycles. The van der Waals surface area contributed by atoms with Gasteiger partial charge in [-0.25, -0.2) is 0 Å².